The third kappa shape index (κ3) is 6.22. The third-order valence-corrected chi connectivity index (χ3v) is 13.1. The van der Waals surface area contributed by atoms with Crippen LogP contribution in [0.4, 0.5) is 42.0 Å². The van der Waals surface area contributed by atoms with E-state index in [2.05, 4.69) is 23.3 Å². The SMILES string of the molecule is C[Si]1(C)CCN(c2c(F)cc(N3[C@H](c4ccc(N)cc4)CC[C@H]3c3ccc(NC(=O)[C@@H]4CCCN4C(=O)O)c(N)c3)cc2F)CC1. The fourth-order valence-corrected chi connectivity index (χ4v) is 9.27. The number of halogens is 2. The highest BCUT2D eigenvalue weighted by molar-refractivity contribution is 6.77. The van der Waals surface area contributed by atoms with Gasteiger partial charge in [0.2, 0.25) is 5.91 Å². The second-order valence-electron chi connectivity index (χ2n) is 13.6. The number of carbonyl (C=O) groups excluding carboxylic acids is 1. The summed E-state index contributed by atoms with van der Waals surface area (Å²) >= 11 is 0. The van der Waals surface area contributed by atoms with Gasteiger partial charge in [0, 0.05) is 31.0 Å². The van der Waals surface area contributed by atoms with Crippen LogP contribution < -0.4 is 26.6 Å². The zero-order valence-corrected chi connectivity index (χ0v) is 27.3. The summed E-state index contributed by atoms with van der Waals surface area (Å²) in [6.45, 7) is 6.27. The van der Waals surface area contributed by atoms with E-state index in [1.54, 1.807) is 12.1 Å². The molecule has 3 fully saturated rings. The predicted octanol–water partition coefficient (Wildman–Crippen LogP) is 6.82. The summed E-state index contributed by atoms with van der Waals surface area (Å²) in [5, 5.41) is 12.2. The number of carbonyl (C=O) groups is 2. The molecule has 3 aliphatic rings. The van der Waals surface area contributed by atoms with Crippen molar-refractivity contribution >= 4 is 48.5 Å². The normalized spacial score (nSPS) is 22.7. The van der Waals surface area contributed by atoms with Gasteiger partial charge in [-0.2, -0.15) is 0 Å². The number of carboxylic acid groups (broad SMARTS) is 1. The molecule has 3 aliphatic heterocycles. The van der Waals surface area contributed by atoms with Gasteiger partial charge in [-0.3, -0.25) is 9.69 Å². The molecule has 0 radical (unpaired) electrons. The standard InChI is InChI=1S/C34H42F2N6O3Si/c1-46(2)16-14-40(15-17-46)32-25(35)19-24(20-26(32)36)42-29(21-5-8-23(37)9-6-21)11-12-30(42)22-7-10-28(27(38)18-22)39-33(43)31-4-3-13-41(31)34(44)45/h5-10,18-20,29-31H,3-4,11-17,37-38H2,1-2H3,(H,39,43)(H,44,45)/t29-,30-,31-/m0/s1. The zero-order valence-electron chi connectivity index (χ0n) is 26.3. The topological polar surface area (TPSA) is 128 Å². The number of amides is 2. The molecule has 0 aliphatic carbocycles. The van der Waals surface area contributed by atoms with Gasteiger partial charge in [0.05, 0.1) is 31.5 Å². The number of nitrogen functional groups attached to an aromatic ring is 2. The lowest BCUT2D eigenvalue weighted by Crippen LogP contribution is -2.43. The Bertz CT molecular complexity index is 1600. The van der Waals surface area contributed by atoms with Crippen molar-refractivity contribution in [2.45, 2.75) is 69.0 Å². The van der Waals surface area contributed by atoms with Gasteiger partial charge in [0.15, 0.2) is 11.6 Å². The zero-order chi connectivity index (χ0) is 32.7. The van der Waals surface area contributed by atoms with Crippen LogP contribution in [0.25, 0.3) is 0 Å². The van der Waals surface area contributed by atoms with E-state index in [-0.39, 0.29) is 17.8 Å². The fraction of sp³-hybridized carbons (Fsp3) is 0.412. The van der Waals surface area contributed by atoms with Gasteiger partial charge in [0.1, 0.15) is 11.7 Å². The summed E-state index contributed by atoms with van der Waals surface area (Å²) in [7, 11) is -1.32. The number of likely N-dealkylation sites (tertiary alicyclic amines) is 1. The largest absolute Gasteiger partial charge is 0.465 e. The molecule has 0 aromatic heterocycles. The van der Waals surface area contributed by atoms with Crippen LogP contribution in [0.3, 0.4) is 0 Å². The quantitative estimate of drug-likeness (QED) is 0.171. The first-order valence-electron chi connectivity index (χ1n) is 16.0. The molecule has 3 atom stereocenters. The fourth-order valence-electron chi connectivity index (χ4n) is 7.27. The van der Waals surface area contributed by atoms with Crippen molar-refractivity contribution in [1.29, 1.82) is 0 Å². The van der Waals surface area contributed by atoms with E-state index in [4.69, 9.17) is 11.5 Å². The van der Waals surface area contributed by atoms with Crippen LogP contribution in [0.15, 0.2) is 54.6 Å². The summed E-state index contributed by atoms with van der Waals surface area (Å²) in [5.74, 6) is -1.56. The molecule has 6 rings (SSSR count). The van der Waals surface area contributed by atoms with E-state index < -0.39 is 37.8 Å². The average molecular weight is 649 g/mol. The van der Waals surface area contributed by atoms with Crippen LogP contribution in [0.5, 0.6) is 0 Å². The highest BCUT2D eigenvalue weighted by Crippen LogP contribution is 2.48. The lowest BCUT2D eigenvalue weighted by Gasteiger charge is -2.38. The van der Waals surface area contributed by atoms with E-state index in [0.29, 0.717) is 61.6 Å². The molecule has 0 bridgehead atoms. The molecular formula is C34H42F2N6O3Si. The first-order chi connectivity index (χ1) is 21.9. The lowest BCUT2D eigenvalue weighted by molar-refractivity contribution is -0.119. The third-order valence-electron chi connectivity index (χ3n) is 9.96. The molecule has 12 heteroatoms. The number of nitrogens with one attached hydrogen (secondary N) is 1. The van der Waals surface area contributed by atoms with Crippen LogP contribution in [-0.2, 0) is 4.79 Å². The summed E-state index contributed by atoms with van der Waals surface area (Å²) in [5.41, 5.74) is 16.1. The second-order valence-corrected chi connectivity index (χ2v) is 18.9. The Labute approximate surface area is 269 Å². The Morgan fingerprint density at radius 3 is 2.09 bits per heavy atom. The van der Waals surface area contributed by atoms with Gasteiger partial charge in [-0.15, -0.1) is 0 Å². The molecule has 9 nitrogen and oxygen atoms in total. The van der Waals surface area contributed by atoms with Crippen molar-refractivity contribution in [2.75, 3.05) is 46.2 Å². The van der Waals surface area contributed by atoms with E-state index in [9.17, 15) is 14.7 Å². The molecule has 3 aromatic rings. The van der Waals surface area contributed by atoms with Gasteiger partial charge in [-0.25, -0.2) is 13.6 Å². The first-order valence-corrected chi connectivity index (χ1v) is 19.4. The van der Waals surface area contributed by atoms with Crippen LogP contribution >= 0.6 is 0 Å². The van der Waals surface area contributed by atoms with Crippen LogP contribution in [0, 0.1) is 11.6 Å². The number of hydrogen-bond donors (Lipinski definition) is 4. The van der Waals surface area contributed by atoms with Crippen molar-refractivity contribution in [1.82, 2.24) is 4.90 Å². The maximum Gasteiger partial charge on any atom is 0.407 e. The molecule has 3 saturated heterocycles. The van der Waals surface area contributed by atoms with E-state index in [1.807, 2.05) is 35.2 Å². The van der Waals surface area contributed by atoms with Crippen molar-refractivity contribution < 1.29 is 23.5 Å². The monoisotopic (exact) mass is 648 g/mol. The number of nitrogens with two attached hydrogens (primary N) is 2. The predicted molar refractivity (Wildman–Crippen MR) is 181 cm³/mol. The van der Waals surface area contributed by atoms with E-state index >= 15 is 8.78 Å². The first kappa shape index (κ1) is 31.7. The molecule has 3 aromatic carbocycles. The van der Waals surface area contributed by atoms with Gasteiger partial charge < -0.3 is 31.7 Å². The summed E-state index contributed by atoms with van der Waals surface area (Å²) in [4.78, 5) is 29.6. The lowest BCUT2D eigenvalue weighted by atomic mass is 10.0. The van der Waals surface area contributed by atoms with Gasteiger partial charge in [-0.05, 0) is 85.3 Å². The smallest absolute Gasteiger partial charge is 0.407 e. The maximum atomic E-state index is 15.9. The van der Waals surface area contributed by atoms with Crippen molar-refractivity contribution in [2.24, 2.45) is 0 Å². The highest BCUT2D eigenvalue weighted by Gasteiger charge is 2.38. The average Bonchev–Trinajstić information content (AvgIpc) is 3.68. The molecule has 6 N–H and O–H groups in total. The molecule has 2 amide bonds. The molecule has 46 heavy (non-hydrogen) atoms. The number of anilines is 5. The van der Waals surface area contributed by atoms with Crippen molar-refractivity contribution in [3.63, 3.8) is 0 Å². The van der Waals surface area contributed by atoms with Crippen molar-refractivity contribution in [3.8, 4) is 0 Å². The minimum absolute atomic E-state index is 0.0427. The maximum absolute atomic E-state index is 15.9. The Morgan fingerprint density at radius 2 is 1.48 bits per heavy atom. The Hall–Kier alpha value is -4.32. The number of nitrogens with zero attached hydrogens (tertiary/aromatic N) is 3. The molecule has 0 saturated carbocycles. The van der Waals surface area contributed by atoms with E-state index in [0.717, 1.165) is 34.5 Å². The van der Waals surface area contributed by atoms with E-state index in [1.165, 1.54) is 12.1 Å². The minimum atomic E-state index is -1.32. The highest BCUT2D eigenvalue weighted by atomic mass is 28.3. The van der Waals surface area contributed by atoms with Crippen LogP contribution in [-0.4, -0.2) is 55.8 Å². The molecular weight excluding hydrogens is 606 g/mol. The second kappa shape index (κ2) is 12.5. The summed E-state index contributed by atoms with van der Waals surface area (Å²) < 4.78 is 31.8. The Balaban J connectivity index is 1.30. The number of rotatable bonds is 6. The molecule has 3 heterocycles. The number of benzene rings is 3. The van der Waals surface area contributed by atoms with Gasteiger partial charge >= 0.3 is 6.09 Å². The molecule has 0 unspecified atom stereocenters. The Morgan fingerprint density at radius 1 is 0.870 bits per heavy atom. The minimum Gasteiger partial charge on any atom is -0.465 e. The van der Waals surface area contributed by atoms with Crippen LogP contribution in [0.2, 0.25) is 25.2 Å². The Kier molecular flexibility index (Phi) is 8.58. The number of hydrogen-bond acceptors (Lipinski definition) is 6. The van der Waals surface area contributed by atoms with Gasteiger partial charge in [0.25, 0.3) is 0 Å². The summed E-state index contributed by atoms with van der Waals surface area (Å²) in [6, 6.07) is 16.6. The molecule has 244 valence electrons. The van der Waals surface area contributed by atoms with Crippen LogP contribution in [0.1, 0.15) is 48.9 Å². The summed E-state index contributed by atoms with van der Waals surface area (Å²) in [6.07, 6.45) is 1.37. The van der Waals surface area contributed by atoms with Gasteiger partial charge in [-0.1, -0.05) is 31.3 Å². The molecule has 0 spiro atoms. The van der Waals surface area contributed by atoms with Crippen molar-refractivity contribution in [3.05, 3.63) is 77.4 Å².